The summed E-state index contributed by atoms with van der Waals surface area (Å²) < 4.78 is 0. The predicted octanol–water partition coefficient (Wildman–Crippen LogP) is 1.35. The highest BCUT2D eigenvalue weighted by atomic mass is 35.5. The number of hydrogen-bond acceptors (Lipinski definition) is 7. The second-order valence-electron chi connectivity index (χ2n) is 3.32. The molecule has 10 heteroatoms. The lowest BCUT2D eigenvalue weighted by molar-refractivity contribution is -0.384. The summed E-state index contributed by atoms with van der Waals surface area (Å²) in [7, 11) is 0. The van der Waals surface area contributed by atoms with Crippen LogP contribution < -0.4 is 11.2 Å². The SMILES string of the molecule is N#C/C(=N\Nc1c(Cl)cc([N+](=O)[O-])cc1C#N)C(=N)N. The fourth-order valence-corrected chi connectivity index (χ4v) is 1.41. The highest BCUT2D eigenvalue weighted by Crippen LogP contribution is 2.30. The molecule has 0 spiro atoms. The molecule has 0 aliphatic rings. The van der Waals surface area contributed by atoms with E-state index in [1.807, 2.05) is 0 Å². The van der Waals surface area contributed by atoms with Crippen molar-refractivity contribution >= 4 is 34.5 Å². The Morgan fingerprint density at radius 2 is 2.20 bits per heavy atom. The van der Waals surface area contributed by atoms with Crippen molar-refractivity contribution in [2.24, 2.45) is 10.8 Å². The van der Waals surface area contributed by atoms with E-state index in [0.29, 0.717) is 0 Å². The first-order valence-electron chi connectivity index (χ1n) is 4.87. The van der Waals surface area contributed by atoms with Gasteiger partial charge in [-0.05, 0) is 0 Å². The van der Waals surface area contributed by atoms with Gasteiger partial charge in [-0.2, -0.15) is 15.6 Å². The average molecular weight is 292 g/mol. The molecule has 0 atom stereocenters. The van der Waals surface area contributed by atoms with Crippen LogP contribution >= 0.6 is 11.6 Å². The quantitative estimate of drug-likeness (QED) is 0.327. The third-order valence-electron chi connectivity index (χ3n) is 2.05. The largest absolute Gasteiger partial charge is 0.382 e. The number of nitrogens with two attached hydrogens (primary N) is 1. The van der Waals surface area contributed by atoms with Crippen molar-refractivity contribution in [3.8, 4) is 12.1 Å². The number of nitrogens with zero attached hydrogens (tertiary/aromatic N) is 4. The van der Waals surface area contributed by atoms with Crippen LogP contribution in [0, 0.1) is 38.2 Å². The maximum atomic E-state index is 10.6. The molecule has 0 aliphatic carbocycles. The minimum atomic E-state index is -0.698. The van der Waals surface area contributed by atoms with Gasteiger partial charge in [0.1, 0.15) is 12.1 Å². The number of non-ortho nitro benzene ring substituents is 1. The zero-order valence-electron chi connectivity index (χ0n) is 9.72. The lowest BCUT2D eigenvalue weighted by atomic mass is 10.2. The number of benzene rings is 1. The summed E-state index contributed by atoms with van der Waals surface area (Å²) in [5.41, 5.74) is 6.47. The maximum Gasteiger partial charge on any atom is 0.272 e. The second kappa shape index (κ2) is 6.13. The van der Waals surface area contributed by atoms with E-state index in [-0.39, 0.29) is 22.0 Å². The summed E-state index contributed by atoms with van der Waals surface area (Å²) >= 11 is 5.81. The fourth-order valence-electron chi connectivity index (χ4n) is 1.16. The van der Waals surface area contributed by atoms with E-state index in [9.17, 15) is 10.1 Å². The summed E-state index contributed by atoms with van der Waals surface area (Å²) in [5, 5.41) is 38.7. The Labute approximate surface area is 117 Å². The van der Waals surface area contributed by atoms with E-state index in [4.69, 9.17) is 33.3 Å². The summed E-state index contributed by atoms with van der Waals surface area (Å²) in [6.07, 6.45) is 0. The average Bonchev–Trinajstić information content (AvgIpc) is 2.39. The maximum absolute atomic E-state index is 10.6. The van der Waals surface area contributed by atoms with Crippen molar-refractivity contribution in [3.05, 3.63) is 32.8 Å². The third-order valence-corrected chi connectivity index (χ3v) is 2.34. The van der Waals surface area contributed by atoms with Gasteiger partial charge in [0.25, 0.3) is 5.69 Å². The van der Waals surface area contributed by atoms with Crippen LogP contribution in [0.25, 0.3) is 0 Å². The number of nitriles is 2. The van der Waals surface area contributed by atoms with Crippen molar-refractivity contribution in [2.45, 2.75) is 0 Å². The Morgan fingerprint density at radius 3 is 2.65 bits per heavy atom. The fraction of sp³-hybridized carbons (Fsp3) is 0. The van der Waals surface area contributed by atoms with E-state index in [1.165, 1.54) is 0 Å². The van der Waals surface area contributed by atoms with Gasteiger partial charge in [-0.25, -0.2) is 0 Å². The van der Waals surface area contributed by atoms with Crippen LogP contribution in [0.15, 0.2) is 17.2 Å². The standard InChI is InChI=1S/C10H6ClN7O2/c11-7-2-6(18(19)20)1-5(3-12)9(7)17-16-8(4-13)10(14)15/h1-2,17H,(H3,14,15)/b16-8+. The molecule has 1 aromatic rings. The minimum Gasteiger partial charge on any atom is -0.382 e. The van der Waals surface area contributed by atoms with Gasteiger partial charge in [0.2, 0.25) is 5.71 Å². The number of rotatable bonds is 4. The molecule has 100 valence electrons. The Balaban J connectivity index is 3.27. The van der Waals surface area contributed by atoms with E-state index in [0.717, 1.165) is 12.1 Å². The number of hydrogen-bond donors (Lipinski definition) is 3. The third kappa shape index (κ3) is 3.19. The molecule has 0 unspecified atom stereocenters. The van der Waals surface area contributed by atoms with Gasteiger partial charge in [-0.3, -0.25) is 20.9 Å². The highest BCUT2D eigenvalue weighted by Gasteiger charge is 2.15. The molecule has 0 radical (unpaired) electrons. The molecular formula is C10H6ClN7O2. The van der Waals surface area contributed by atoms with Crippen LogP contribution in [0.2, 0.25) is 5.02 Å². The molecule has 0 amide bonds. The Morgan fingerprint density at radius 1 is 1.55 bits per heavy atom. The van der Waals surface area contributed by atoms with Crippen molar-refractivity contribution in [1.82, 2.24) is 0 Å². The molecule has 1 aromatic carbocycles. The van der Waals surface area contributed by atoms with Crippen LogP contribution in [0.1, 0.15) is 5.56 Å². The zero-order valence-corrected chi connectivity index (χ0v) is 10.5. The number of amidine groups is 1. The molecule has 0 saturated carbocycles. The summed E-state index contributed by atoms with van der Waals surface area (Å²) in [6, 6.07) is 5.31. The number of halogens is 1. The summed E-state index contributed by atoms with van der Waals surface area (Å²) in [6.45, 7) is 0. The molecule has 0 heterocycles. The molecule has 20 heavy (non-hydrogen) atoms. The predicted molar refractivity (Wildman–Crippen MR) is 71.4 cm³/mol. The van der Waals surface area contributed by atoms with Crippen molar-refractivity contribution in [1.29, 1.82) is 15.9 Å². The number of anilines is 1. The molecule has 0 aliphatic heterocycles. The van der Waals surface area contributed by atoms with E-state index in [2.05, 4.69) is 10.5 Å². The topological polar surface area (TPSA) is 165 Å². The monoisotopic (exact) mass is 291 g/mol. The van der Waals surface area contributed by atoms with Crippen LogP contribution in [-0.4, -0.2) is 16.5 Å². The molecule has 0 saturated heterocycles. The van der Waals surface area contributed by atoms with Crippen LogP contribution in [-0.2, 0) is 0 Å². The van der Waals surface area contributed by atoms with E-state index in [1.54, 1.807) is 12.1 Å². The Hall–Kier alpha value is -3.17. The summed E-state index contributed by atoms with van der Waals surface area (Å²) in [4.78, 5) is 9.94. The summed E-state index contributed by atoms with van der Waals surface area (Å²) in [5.74, 6) is -0.573. The second-order valence-corrected chi connectivity index (χ2v) is 3.72. The van der Waals surface area contributed by atoms with Crippen LogP contribution in [0.4, 0.5) is 11.4 Å². The molecular weight excluding hydrogens is 286 g/mol. The van der Waals surface area contributed by atoms with E-state index >= 15 is 0 Å². The molecule has 9 nitrogen and oxygen atoms in total. The van der Waals surface area contributed by atoms with Gasteiger partial charge in [-0.1, -0.05) is 11.6 Å². The first kappa shape index (κ1) is 14.9. The molecule has 0 fully saturated rings. The number of nitrogens with one attached hydrogen (secondary N) is 2. The number of nitro benzene ring substituents is 1. The van der Waals surface area contributed by atoms with Gasteiger partial charge in [-0.15, -0.1) is 0 Å². The van der Waals surface area contributed by atoms with Crippen LogP contribution in [0.3, 0.4) is 0 Å². The highest BCUT2D eigenvalue weighted by molar-refractivity contribution is 6.46. The molecule has 0 aromatic heterocycles. The lowest BCUT2D eigenvalue weighted by Gasteiger charge is -2.06. The smallest absolute Gasteiger partial charge is 0.272 e. The molecule has 1 rings (SSSR count). The number of hydrazone groups is 1. The normalized spacial score (nSPS) is 10.2. The lowest BCUT2D eigenvalue weighted by Crippen LogP contribution is -2.22. The Kier molecular flexibility index (Phi) is 4.56. The van der Waals surface area contributed by atoms with Crippen molar-refractivity contribution in [3.63, 3.8) is 0 Å². The Bertz CT molecular complexity index is 699. The van der Waals surface area contributed by atoms with Gasteiger partial charge in [0, 0.05) is 12.1 Å². The van der Waals surface area contributed by atoms with Gasteiger partial charge in [0.15, 0.2) is 5.84 Å². The minimum absolute atomic E-state index is 0.0197. The first-order chi connectivity index (χ1) is 9.40. The van der Waals surface area contributed by atoms with Crippen LogP contribution in [0.5, 0.6) is 0 Å². The number of nitro groups is 1. The van der Waals surface area contributed by atoms with Gasteiger partial charge in [0.05, 0.1) is 21.2 Å². The van der Waals surface area contributed by atoms with Crippen molar-refractivity contribution < 1.29 is 4.92 Å². The van der Waals surface area contributed by atoms with Gasteiger partial charge >= 0.3 is 0 Å². The zero-order chi connectivity index (χ0) is 15.3. The van der Waals surface area contributed by atoms with E-state index < -0.39 is 16.5 Å². The molecule has 4 N–H and O–H groups in total. The van der Waals surface area contributed by atoms with Gasteiger partial charge < -0.3 is 5.73 Å². The van der Waals surface area contributed by atoms with Crippen molar-refractivity contribution in [2.75, 3.05) is 5.43 Å². The first-order valence-corrected chi connectivity index (χ1v) is 5.24. The molecule has 0 bridgehead atoms.